The summed E-state index contributed by atoms with van der Waals surface area (Å²) in [6.45, 7) is 5.51. The topological polar surface area (TPSA) is 28.4 Å². The molecule has 3 rings (SSSR count). The van der Waals surface area contributed by atoms with Gasteiger partial charge in [-0.3, -0.25) is 0 Å². The summed E-state index contributed by atoms with van der Waals surface area (Å²) in [6.07, 6.45) is 5.30. The van der Waals surface area contributed by atoms with Crippen molar-refractivity contribution in [3.8, 4) is 0 Å². The number of nitrogens with one attached hydrogen (secondary N) is 1. The highest BCUT2D eigenvalue weighted by Gasteiger charge is 2.15. The fourth-order valence-electron chi connectivity index (χ4n) is 3.01. The summed E-state index contributed by atoms with van der Waals surface area (Å²) in [5, 5.41) is 3.61. The monoisotopic (exact) mass is 284 g/mol. The van der Waals surface area contributed by atoms with E-state index in [-0.39, 0.29) is 0 Å². The van der Waals surface area contributed by atoms with E-state index in [1.54, 1.807) is 6.26 Å². The third-order valence-corrected chi connectivity index (χ3v) is 4.17. The molecule has 3 nitrogen and oxygen atoms in total. The number of anilines is 1. The van der Waals surface area contributed by atoms with Crippen molar-refractivity contribution in [2.24, 2.45) is 0 Å². The van der Waals surface area contributed by atoms with E-state index in [4.69, 9.17) is 4.42 Å². The van der Waals surface area contributed by atoms with E-state index >= 15 is 0 Å². The molecular formula is C18H24N2O. The molecule has 0 spiro atoms. The fourth-order valence-corrected chi connectivity index (χ4v) is 3.01. The van der Waals surface area contributed by atoms with Crippen LogP contribution >= 0.6 is 0 Å². The van der Waals surface area contributed by atoms with Crippen LogP contribution in [0.15, 0.2) is 47.1 Å². The van der Waals surface area contributed by atoms with Crippen LogP contribution < -0.4 is 10.2 Å². The quantitative estimate of drug-likeness (QED) is 0.878. The molecule has 0 amide bonds. The molecule has 0 radical (unpaired) electrons. The predicted octanol–water partition coefficient (Wildman–Crippen LogP) is 3.60. The zero-order valence-electron chi connectivity index (χ0n) is 12.7. The molecule has 2 heterocycles. The van der Waals surface area contributed by atoms with Crippen molar-refractivity contribution in [2.45, 2.75) is 38.8 Å². The molecule has 1 saturated heterocycles. The molecule has 1 aliphatic rings. The normalized spacial score (nSPS) is 16.3. The lowest BCUT2D eigenvalue weighted by Crippen LogP contribution is -2.28. The number of para-hydroxylation sites is 1. The number of furan rings is 1. The summed E-state index contributed by atoms with van der Waals surface area (Å²) in [5.74, 6) is 1.04. The van der Waals surface area contributed by atoms with E-state index in [1.807, 2.05) is 12.1 Å². The second-order valence-corrected chi connectivity index (χ2v) is 5.89. The van der Waals surface area contributed by atoms with Crippen molar-refractivity contribution in [2.75, 3.05) is 18.0 Å². The van der Waals surface area contributed by atoms with Crippen LogP contribution in [-0.4, -0.2) is 19.1 Å². The molecule has 0 saturated carbocycles. The Morgan fingerprint density at radius 3 is 2.71 bits per heavy atom. The maximum Gasteiger partial charge on any atom is 0.105 e. The van der Waals surface area contributed by atoms with Crippen LogP contribution in [0, 0.1) is 0 Å². The SMILES string of the molecule is CC(Cc1ccco1)NCc1ccccc1N1CCCC1. The summed E-state index contributed by atoms with van der Waals surface area (Å²) >= 11 is 0. The van der Waals surface area contributed by atoms with Gasteiger partial charge in [-0.2, -0.15) is 0 Å². The van der Waals surface area contributed by atoms with Crippen LogP contribution in [0.4, 0.5) is 5.69 Å². The maximum absolute atomic E-state index is 5.41. The highest BCUT2D eigenvalue weighted by Crippen LogP contribution is 2.24. The molecule has 0 bridgehead atoms. The molecule has 3 heteroatoms. The third kappa shape index (κ3) is 3.67. The molecule has 0 aliphatic carbocycles. The molecule has 1 aliphatic heterocycles. The Labute approximate surface area is 127 Å². The van der Waals surface area contributed by atoms with Gasteiger partial charge in [0.15, 0.2) is 0 Å². The molecule has 21 heavy (non-hydrogen) atoms. The summed E-state index contributed by atoms with van der Waals surface area (Å²) in [6, 6.07) is 13.2. The Balaban J connectivity index is 1.59. The van der Waals surface area contributed by atoms with Crippen LogP contribution in [0.1, 0.15) is 31.1 Å². The van der Waals surface area contributed by atoms with Crippen molar-refractivity contribution in [3.05, 3.63) is 54.0 Å². The van der Waals surface area contributed by atoms with Gasteiger partial charge in [0.1, 0.15) is 5.76 Å². The van der Waals surface area contributed by atoms with Gasteiger partial charge >= 0.3 is 0 Å². The van der Waals surface area contributed by atoms with Crippen molar-refractivity contribution in [3.63, 3.8) is 0 Å². The first kappa shape index (κ1) is 14.2. The highest BCUT2D eigenvalue weighted by atomic mass is 16.3. The first-order valence-electron chi connectivity index (χ1n) is 7.91. The standard InChI is InChI=1S/C18H24N2O/c1-15(13-17-8-6-12-21-17)19-14-16-7-2-3-9-18(16)20-10-4-5-11-20/h2-3,6-9,12,15,19H,4-5,10-11,13-14H2,1H3. The highest BCUT2D eigenvalue weighted by molar-refractivity contribution is 5.54. The zero-order chi connectivity index (χ0) is 14.5. The van der Waals surface area contributed by atoms with E-state index in [0.29, 0.717) is 6.04 Å². The van der Waals surface area contributed by atoms with Gasteiger partial charge in [0.25, 0.3) is 0 Å². The molecule has 2 aromatic rings. The van der Waals surface area contributed by atoms with E-state index in [2.05, 4.69) is 41.4 Å². The van der Waals surface area contributed by atoms with Crippen LogP contribution in [-0.2, 0) is 13.0 Å². The van der Waals surface area contributed by atoms with Crippen LogP contribution in [0.2, 0.25) is 0 Å². The number of hydrogen-bond acceptors (Lipinski definition) is 3. The van der Waals surface area contributed by atoms with Gasteiger partial charge in [-0.05, 0) is 43.5 Å². The van der Waals surface area contributed by atoms with E-state index in [9.17, 15) is 0 Å². The van der Waals surface area contributed by atoms with E-state index in [0.717, 1.165) is 18.7 Å². The molecule has 1 unspecified atom stereocenters. The van der Waals surface area contributed by atoms with Gasteiger partial charge < -0.3 is 14.6 Å². The summed E-state index contributed by atoms with van der Waals surface area (Å²) < 4.78 is 5.41. The maximum atomic E-state index is 5.41. The van der Waals surface area contributed by atoms with Crippen LogP contribution in [0.5, 0.6) is 0 Å². The predicted molar refractivity (Wildman–Crippen MR) is 86.6 cm³/mol. The average molecular weight is 284 g/mol. The lowest BCUT2D eigenvalue weighted by atomic mass is 10.1. The Hall–Kier alpha value is -1.74. The minimum atomic E-state index is 0.405. The van der Waals surface area contributed by atoms with Gasteiger partial charge in [0.2, 0.25) is 0 Å². The summed E-state index contributed by atoms with van der Waals surface area (Å²) in [4.78, 5) is 2.51. The average Bonchev–Trinajstić information content (AvgIpc) is 3.18. The molecule has 112 valence electrons. The van der Waals surface area contributed by atoms with Gasteiger partial charge in [0.05, 0.1) is 6.26 Å². The second-order valence-electron chi connectivity index (χ2n) is 5.89. The van der Waals surface area contributed by atoms with E-state index < -0.39 is 0 Å². The van der Waals surface area contributed by atoms with Crippen molar-refractivity contribution < 1.29 is 4.42 Å². The number of nitrogens with zero attached hydrogens (tertiary/aromatic N) is 1. The number of benzene rings is 1. The third-order valence-electron chi connectivity index (χ3n) is 4.17. The molecule has 1 aromatic heterocycles. The van der Waals surface area contributed by atoms with Gasteiger partial charge in [-0.1, -0.05) is 18.2 Å². The summed E-state index contributed by atoms with van der Waals surface area (Å²) in [7, 11) is 0. The zero-order valence-corrected chi connectivity index (χ0v) is 12.7. The second kappa shape index (κ2) is 6.81. The number of rotatable bonds is 6. The first-order valence-corrected chi connectivity index (χ1v) is 7.91. The van der Waals surface area contributed by atoms with Gasteiger partial charge in [-0.25, -0.2) is 0 Å². The van der Waals surface area contributed by atoms with Gasteiger partial charge in [-0.15, -0.1) is 0 Å². The van der Waals surface area contributed by atoms with E-state index in [1.165, 1.54) is 37.2 Å². The number of hydrogen-bond donors (Lipinski definition) is 1. The minimum absolute atomic E-state index is 0.405. The molecular weight excluding hydrogens is 260 g/mol. The first-order chi connectivity index (χ1) is 10.3. The minimum Gasteiger partial charge on any atom is -0.469 e. The largest absolute Gasteiger partial charge is 0.469 e. The van der Waals surface area contributed by atoms with Crippen LogP contribution in [0.25, 0.3) is 0 Å². The molecule has 1 fully saturated rings. The lowest BCUT2D eigenvalue weighted by molar-refractivity contribution is 0.456. The lowest BCUT2D eigenvalue weighted by Gasteiger charge is -2.22. The summed E-state index contributed by atoms with van der Waals surface area (Å²) in [5.41, 5.74) is 2.79. The fraction of sp³-hybridized carbons (Fsp3) is 0.444. The van der Waals surface area contributed by atoms with Crippen LogP contribution in [0.3, 0.4) is 0 Å². The van der Waals surface area contributed by atoms with Crippen molar-refractivity contribution >= 4 is 5.69 Å². The molecule has 1 aromatic carbocycles. The Bertz CT molecular complexity index is 544. The Morgan fingerprint density at radius 2 is 1.95 bits per heavy atom. The molecule has 1 atom stereocenters. The Kier molecular flexibility index (Phi) is 4.61. The smallest absolute Gasteiger partial charge is 0.105 e. The van der Waals surface area contributed by atoms with Gasteiger partial charge in [0, 0.05) is 37.8 Å². The van der Waals surface area contributed by atoms with Crippen molar-refractivity contribution in [1.82, 2.24) is 5.32 Å². The van der Waals surface area contributed by atoms with Crippen molar-refractivity contribution in [1.29, 1.82) is 0 Å². The molecule has 1 N–H and O–H groups in total. The Morgan fingerprint density at radius 1 is 1.14 bits per heavy atom.